The van der Waals surface area contributed by atoms with Gasteiger partial charge < -0.3 is 25.0 Å². The number of anilines is 1. The van der Waals surface area contributed by atoms with Crippen LogP contribution < -0.4 is 15.4 Å². The van der Waals surface area contributed by atoms with Crippen molar-refractivity contribution in [3.05, 3.63) is 59.7 Å². The van der Waals surface area contributed by atoms with Crippen molar-refractivity contribution in [2.24, 2.45) is 5.92 Å². The van der Waals surface area contributed by atoms with Gasteiger partial charge in [0.25, 0.3) is 5.91 Å². The van der Waals surface area contributed by atoms with E-state index in [2.05, 4.69) is 10.6 Å². The zero-order valence-corrected chi connectivity index (χ0v) is 21.2. The number of rotatable bonds is 7. The van der Waals surface area contributed by atoms with E-state index in [9.17, 15) is 14.4 Å². The number of hydrogen-bond donors (Lipinski definition) is 2. The number of amides is 3. The summed E-state index contributed by atoms with van der Waals surface area (Å²) in [5.74, 6) is -0.0377. The summed E-state index contributed by atoms with van der Waals surface area (Å²) in [5, 5.41) is 5.82. The van der Waals surface area contributed by atoms with Crippen LogP contribution in [0.3, 0.4) is 0 Å². The molecule has 3 atom stereocenters. The lowest BCUT2D eigenvalue weighted by Gasteiger charge is -2.42. The van der Waals surface area contributed by atoms with Crippen molar-refractivity contribution in [1.29, 1.82) is 0 Å². The summed E-state index contributed by atoms with van der Waals surface area (Å²) >= 11 is 0. The SMILES string of the molecule is CC(C)C(=O)Nc1ccc2c(c1)C(=O)N(C)[C@H]1CC[C@@H](CC(=O)NCCc3ccccc3)O[C@H]1CO2. The van der Waals surface area contributed by atoms with E-state index in [1.54, 1.807) is 30.1 Å². The van der Waals surface area contributed by atoms with Crippen molar-refractivity contribution in [2.45, 2.75) is 57.8 Å². The highest BCUT2D eigenvalue weighted by molar-refractivity contribution is 6.00. The van der Waals surface area contributed by atoms with Gasteiger partial charge in [0, 0.05) is 25.2 Å². The minimum Gasteiger partial charge on any atom is -0.490 e. The molecule has 2 N–H and O–H groups in total. The largest absolute Gasteiger partial charge is 0.490 e. The number of ether oxygens (including phenoxy) is 2. The van der Waals surface area contributed by atoms with E-state index >= 15 is 0 Å². The molecule has 1 fully saturated rings. The Kier molecular flexibility index (Phi) is 8.25. The van der Waals surface area contributed by atoms with Gasteiger partial charge in [0.2, 0.25) is 11.8 Å². The molecule has 0 unspecified atom stereocenters. The summed E-state index contributed by atoms with van der Waals surface area (Å²) < 4.78 is 12.3. The quantitative estimate of drug-likeness (QED) is 0.616. The van der Waals surface area contributed by atoms with Crippen LogP contribution in [-0.2, 0) is 20.7 Å². The number of nitrogens with zero attached hydrogens (tertiary/aromatic N) is 1. The smallest absolute Gasteiger partial charge is 0.257 e. The van der Waals surface area contributed by atoms with E-state index in [4.69, 9.17) is 9.47 Å². The summed E-state index contributed by atoms with van der Waals surface area (Å²) in [5.41, 5.74) is 2.16. The molecule has 0 spiro atoms. The van der Waals surface area contributed by atoms with Gasteiger partial charge in [-0.1, -0.05) is 44.2 Å². The lowest BCUT2D eigenvalue weighted by Crippen LogP contribution is -2.54. The molecule has 8 nitrogen and oxygen atoms in total. The first-order valence-electron chi connectivity index (χ1n) is 12.6. The van der Waals surface area contributed by atoms with Gasteiger partial charge in [0.1, 0.15) is 18.5 Å². The molecule has 36 heavy (non-hydrogen) atoms. The first kappa shape index (κ1) is 25.7. The van der Waals surface area contributed by atoms with E-state index < -0.39 is 0 Å². The molecule has 192 valence electrons. The summed E-state index contributed by atoms with van der Waals surface area (Å²) in [6, 6.07) is 15.0. The molecule has 0 bridgehead atoms. The molecule has 0 aromatic heterocycles. The van der Waals surface area contributed by atoms with Crippen molar-refractivity contribution >= 4 is 23.4 Å². The summed E-state index contributed by atoms with van der Waals surface area (Å²) in [6.45, 7) is 4.49. The van der Waals surface area contributed by atoms with Gasteiger partial charge in [-0.3, -0.25) is 14.4 Å². The van der Waals surface area contributed by atoms with Crippen LogP contribution in [0.15, 0.2) is 48.5 Å². The fourth-order valence-electron chi connectivity index (χ4n) is 4.66. The van der Waals surface area contributed by atoms with Crippen molar-refractivity contribution < 1.29 is 23.9 Å². The third-order valence-corrected chi connectivity index (χ3v) is 6.80. The summed E-state index contributed by atoms with van der Waals surface area (Å²) in [6.07, 6.45) is 1.92. The lowest BCUT2D eigenvalue weighted by molar-refractivity contribution is -0.134. The molecule has 0 saturated carbocycles. The maximum absolute atomic E-state index is 13.3. The predicted octanol–water partition coefficient (Wildman–Crippen LogP) is 3.41. The minimum atomic E-state index is -0.330. The number of nitrogens with one attached hydrogen (secondary N) is 2. The van der Waals surface area contributed by atoms with Crippen LogP contribution in [0.2, 0.25) is 0 Å². The molecule has 8 heteroatoms. The highest BCUT2D eigenvalue weighted by atomic mass is 16.5. The average molecular weight is 494 g/mol. The molecule has 2 heterocycles. The fourth-order valence-corrected chi connectivity index (χ4v) is 4.66. The number of fused-ring (bicyclic) bond motifs is 2. The maximum Gasteiger partial charge on any atom is 0.257 e. The number of hydrogen-bond acceptors (Lipinski definition) is 5. The van der Waals surface area contributed by atoms with Gasteiger partial charge in [-0.15, -0.1) is 0 Å². The van der Waals surface area contributed by atoms with E-state index in [1.165, 1.54) is 5.56 Å². The Hall–Kier alpha value is -3.39. The Bertz CT molecular complexity index is 1090. The second-order valence-corrected chi connectivity index (χ2v) is 9.81. The van der Waals surface area contributed by atoms with Crippen molar-refractivity contribution in [1.82, 2.24) is 10.2 Å². The molecular formula is C28H35N3O5. The van der Waals surface area contributed by atoms with Gasteiger partial charge in [-0.05, 0) is 43.0 Å². The fraction of sp³-hybridized carbons (Fsp3) is 0.464. The predicted molar refractivity (Wildman–Crippen MR) is 137 cm³/mol. The van der Waals surface area contributed by atoms with E-state index in [1.807, 2.05) is 44.2 Å². The van der Waals surface area contributed by atoms with Gasteiger partial charge in [0.05, 0.1) is 24.1 Å². The van der Waals surface area contributed by atoms with Crippen LogP contribution >= 0.6 is 0 Å². The second kappa shape index (κ2) is 11.6. The van der Waals surface area contributed by atoms with Crippen molar-refractivity contribution in [3.8, 4) is 5.75 Å². The molecule has 3 amide bonds. The first-order valence-corrected chi connectivity index (χ1v) is 12.6. The van der Waals surface area contributed by atoms with Gasteiger partial charge in [-0.25, -0.2) is 0 Å². The minimum absolute atomic E-state index is 0.0353. The molecule has 4 rings (SSSR count). The normalized spacial score (nSPS) is 21.5. The number of carbonyl (C=O) groups excluding carboxylic acids is 3. The number of likely N-dealkylation sites (N-methyl/N-ethyl adjacent to an activating group) is 1. The first-order chi connectivity index (χ1) is 17.3. The molecule has 2 aromatic carbocycles. The maximum atomic E-state index is 13.3. The molecule has 1 saturated heterocycles. The lowest BCUT2D eigenvalue weighted by atomic mass is 9.94. The number of carbonyl (C=O) groups is 3. The van der Waals surface area contributed by atoms with Crippen LogP contribution in [-0.4, -0.2) is 61.1 Å². The summed E-state index contributed by atoms with van der Waals surface area (Å²) in [7, 11) is 1.77. The summed E-state index contributed by atoms with van der Waals surface area (Å²) in [4.78, 5) is 39.6. The Morgan fingerprint density at radius 1 is 1.11 bits per heavy atom. The van der Waals surface area contributed by atoms with Crippen LogP contribution in [0.4, 0.5) is 5.69 Å². The zero-order valence-electron chi connectivity index (χ0n) is 21.2. The Balaban J connectivity index is 1.35. The Morgan fingerprint density at radius 2 is 1.89 bits per heavy atom. The number of benzene rings is 2. The Labute approximate surface area is 212 Å². The third-order valence-electron chi connectivity index (χ3n) is 6.80. The Morgan fingerprint density at radius 3 is 2.64 bits per heavy atom. The van der Waals surface area contributed by atoms with Crippen LogP contribution in [0.5, 0.6) is 5.75 Å². The van der Waals surface area contributed by atoms with Crippen molar-refractivity contribution in [3.63, 3.8) is 0 Å². The zero-order chi connectivity index (χ0) is 25.7. The average Bonchev–Trinajstić information content (AvgIpc) is 2.87. The monoisotopic (exact) mass is 493 g/mol. The van der Waals surface area contributed by atoms with Crippen LogP contribution in [0, 0.1) is 5.92 Å². The molecule has 2 aliphatic rings. The topological polar surface area (TPSA) is 97.0 Å². The van der Waals surface area contributed by atoms with Crippen molar-refractivity contribution in [2.75, 3.05) is 25.5 Å². The third kappa shape index (κ3) is 6.23. The van der Waals surface area contributed by atoms with Gasteiger partial charge in [-0.2, -0.15) is 0 Å². The molecule has 0 radical (unpaired) electrons. The molecule has 2 aliphatic heterocycles. The van der Waals surface area contributed by atoms with Gasteiger partial charge in [0.15, 0.2) is 0 Å². The van der Waals surface area contributed by atoms with E-state index in [0.29, 0.717) is 30.0 Å². The van der Waals surface area contributed by atoms with Crippen LogP contribution in [0.1, 0.15) is 49.0 Å². The molecule has 0 aliphatic carbocycles. The van der Waals surface area contributed by atoms with Gasteiger partial charge >= 0.3 is 0 Å². The van der Waals surface area contributed by atoms with E-state index in [-0.39, 0.29) is 54.9 Å². The molecule has 2 aromatic rings. The highest BCUT2D eigenvalue weighted by Crippen LogP contribution is 2.32. The highest BCUT2D eigenvalue weighted by Gasteiger charge is 2.39. The van der Waals surface area contributed by atoms with Crippen LogP contribution in [0.25, 0.3) is 0 Å². The second-order valence-electron chi connectivity index (χ2n) is 9.81. The standard InChI is InChI=1S/C28H35N3O5/c1-18(2)27(33)30-20-9-12-24-22(15-20)28(34)31(3)23-11-10-21(36-25(23)17-35-24)16-26(32)29-14-13-19-7-5-4-6-8-19/h4-9,12,15,18,21,23,25H,10-11,13-14,16-17H2,1-3H3,(H,29,32)(H,30,33)/t21-,23-,25-/m0/s1. The molecular weight excluding hydrogens is 458 g/mol. The van der Waals surface area contributed by atoms with E-state index in [0.717, 1.165) is 12.8 Å².